The Morgan fingerprint density at radius 3 is 1.17 bits per heavy atom. The van der Waals surface area contributed by atoms with Crippen molar-refractivity contribution in [3.63, 3.8) is 0 Å². The molecule has 0 fully saturated rings. The summed E-state index contributed by atoms with van der Waals surface area (Å²) in [6.45, 7) is 4.77. The van der Waals surface area contributed by atoms with Gasteiger partial charge in [-0.3, -0.25) is 9.13 Å². The second kappa shape index (κ2) is 13.8. The number of benzene rings is 6. The van der Waals surface area contributed by atoms with Crippen molar-refractivity contribution in [1.82, 2.24) is 19.1 Å². The van der Waals surface area contributed by atoms with Gasteiger partial charge in [0.1, 0.15) is 11.6 Å². The summed E-state index contributed by atoms with van der Waals surface area (Å²) in [7, 11) is 0. The van der Waals surface area contributed by atoms with Crippen LogP contribution in [0.1, 0.15) is 25.0 Å². The van der Waals surface area contributed by atoms with Crippen LogP contribution in [-0.2, 0) is 5.41 Å². The van der Waals surface area contributed by atoms with Gasteiger partial charge in [0, 0.05) is 58.9 Å². The standard InChI is InChI=1S/C57H38N4S2/c1-57(2)45-33-37(53-27-25-51(62-53)35-19-23-49-43(31-35)41-11-3-5-13-47(41)60(49)55-15-7-9-29-58-55)17-21-39(45)40-22-18-38(34-46(40)57)54-28-26-52(63-54)36-20-24-50-44(32-36)42-12-4-6-14-48(42)61(50)56-16-8-10-30-59-56/h3-34H,1-2H3. The summed E-state index contributed by atoms with van der Waals surface area (Å²) in [6.07, 6.45) is 3.73. The third kappa shape index (κ3) is 5.58. The molecule has 0 saturated carbocycles. The Morgan fingerprint density at radius 2 is 0.746 bits per heavy atom. The van der Waals surface area contributed by atoms with Crippen LogP contribution in [-0.4, -0.2) is 19.1 Å². The lowest BCUT2D eigenvalue weighted by Gasteiger charge is -2.22. The second-order valence-electron chi connectivity index (χ2n) is 17.0. The van der Waals surface area contributed by atoms with E-state index in [1.54, 1.807) is 0 Å². The normalized spacial score (nSPS) is 13.0. The van der Waals surface area contributed by atoms with Gasteiger partial charge in [-0.1, -0.05) is 98.8 Å². The summed E-state index contributed by atoms with van der Waals surface area (Å²) in [5.74, 6) is 1.86. The van der Waals surface area contributed by atoms with Crippen LogP contribution in [0.25, 0.3) is 108 Å². The Kier molecular flexibility index (Phi) is 7.96. The molecule has 4 nitrogen and oxygen atoms in total. The first kappa shape index (κ1) is 36.3. The Hall–Kier alpha value is -7.38. The summed E-state index contributed by atoms with van der Waals surface area (Å²) < 4.78 is 4.54. The number of nitrogens with zero attached hydrogens (tertiary/aromatic N) is 4. The van der Waals surface area contributed by atoms with Crippen LogP contribution in [0.4, 0.5) is 0 Å². The van der Waals surface area contributed by atoms with Gasteiger partial charge in [0.25, 0.3) is 0 Å². The molecule has 0 atom stereocenters. The summed E-state index contributed by atoms with van der Waals surface area (Å²) in [5.41, 5.74) is 15.0. The summed E-state index contributed by atoms with van der Waals surface area (Å²) in [5, 5.41) is 4.95. The number of para-hydroxylation sites is 2. The number of pyridine rings is 2. The van der Waals surface area contributed by atoms with Gasteiger partial charge < -0.3 is 0 Å². The summed E-state index contributed by atoms with van der Waals surface area (Å²) in [6, 6.07) is 66.6. The van der Waals surface area contributed by atoms with Gasteiger partial charge in [-0.25, -0.2) is 9.97 Å². The van der Waals surface area contributed by atoms with Crippen LogP contribution >= 0.6 is 22.7 Å². The van der Waals surface area contributed by atoms with E-state index in [4.69, 9.17) is 9.97 Å². The first-order valence-corrected chi connectivity index (χ1v) is 23.0. The lowest BCUT2D eigenvalue weighted by molar-refractivity contribution is 0.661. The molecule has 12 aromatic rings. The predicted octanol–water partition coefficient (Wildman–Crippen LogP) is 15.8. The van der Waals surface area contributed by atoms with Crippen molar-refractivity contribution in [2.24, 2.45) is 0 Å². The largest absolute Gasteiger partial charge is 0.294 e. The van der Waals surface area contributed by atoms with Crippen molar-refractivity contribution in [1.29, 1.82) is 0 Å². The zero-order valence-corrected chi connectivity index (χ0v) is 36.2. The number of hydrogen-bond acceptors (Lipinski definition) is 4. The quantitative estimate of drug-likeness (QED) is 0.167. The Labute approximate surface area is 372 Å². The maximum atomic E-state index is 4.70. The number of rotatable bonds is 6. The third-order valence-electron chi connectivity index (χ3n) is 13.1. The average Bonchev–Trinajstić information content (AvgIpc) is 4.18. The highest BCUT2D eigenvalue weighted by Crippen LogP contribution is 2.52. The van der Waals surface area contributed by atoms with E-state index in [-0.39, 0.29) is 5.41 Å². The summed E-state index contributed by atoms with van der Waals surface area (Å²) >= 11 is 3.73. The number of fused-ring (bicyclic) bond motifs is 9. The Morgan fingerprint density at radius 1 is 0.365 bits per heavy atom. The van der Waals surface area contributed by atoms with Crippen LogP contribution < -0.4 is 0 Å². The second-order valence-corrected chi connectivity index (χ2v) is 19.2. The van der Waals surface area contributed by atoms with E-state index in [1.807, 2.05) is 47.2 Å². The van der Waals surface area contributed by atoms with Crippen LogP contribution in [0, 0.1) is 0 Å². The number of thiophene rings is 2. The van der Waals surface area contributed by atoms with Crippen molar-refractivity contribution < 1.29 is 0 Å². The van der Waals surface area contributed by atoms with Crippen LogP contribution in [0.5, 0.6) is 0 Å². The van der Waals surface area contributed by atoms with Gasteiger partial charge in [0.05, 0.1) is 22.1 Å². The fraction of sp³-hybridized carbons (Fsp3) is 0.0526. The molecule has 0 spiro atoms. The zero-order chi connectivity index (χ0) is 41.8. The molecule has 0 unspecified atom stereocenters. The SMILES string of the molecule is CC1(C)c2cc(-c3ccc(-c4ccc5c(c4)c4ccccc4n5-c4ccccn4)s3)ccc2-c2ccc(-c3ccc(-c4ccc5c(c4)c4ccccc4n5-c4ccccn4)s3)cc21. The van der Waals surface area contributed by atoms with Crippen molar-refractivity contribution in [2.75, 3.05) is 0 Å². The van der Waals surface area contributed by atoms with Gasteiger partial charge in [-0.2, -0.15) is 0 Å². The highest BCUT2D eigenvalue weighted by Gasteiger charge is 2.36. The molecular weight excluding hydrogens is 805 g/mol. The molecule has 6 aromatic heterocycles. The monoisotopic (exact) mass is 842 g/mol. The number of hydrogen-bond donors (Lipinski definition) is 0. The molecule has 298 valence electrons. The predicted molar refractivity (Wildman–Crippen MR) is 266 cm³/mol. The Balaban J connectivity index is 0.806. The average molecular weight is 843 g/mol. The molecule has 1 aliphatic rings. The van der Waals surface area contributed by atoms with Gasteiger partial charge in [-0.05, 0) is 142 Å². The topological polar surface area (TPSA) is 35.6 Å². The minimum atomic E-state index is -0.142. The van der Waals surface area contributed by atoms with E-state index in [0.29, 0.717) is 0 Å². The maximum absolute atomic E-state index is 4.70. The molecule has 0 amide bonds. The molecule has 63 heavy (non-hydrogen) atoms. The fourth-order valence-corrected chi connectivity index (χ4v) is 12.1. The molecule has 0 N–H and O–H groups in total. The molecular formula is C57H38N4S2. The highest BCUT2D eigenvalue weighted by atomic mass is 32.1. The molecule has 0 radical (unpaired) electrons. The molecule has 0 bridgehead atoms. The Bertz CT molecular complexity index is 3520. The van der Waals surface area contributed by atoms with E-state index in [0.717, 1.165) is 22.7 Å². The van der Waals surface area contributed by atoms with Gasteiger partial charge in [-0.15, -0.1) is 22.7 Å². The minimum Gasteiger partial charge on any atom is -0.294 e. The smallest absolute Gasteiger partial charge is 0.137 e. The van der Waals surface area contributed by atoms with Crippen molar-refractivity contribution in [3.05, 3.63) is 206 Å². The fourth-order valence-electron chi connectivity index (χ4n) is 10.1. The van der Waals surface area contributed by atoms with Gasteiger partial charge >= 0.3 is 0 Å². The lowest BCUT2D eigenvalue weighted by Crippen LogP contribution is -2.15. The maximum Gasteiger partial charge on any atom is 0.137 e. The van der Waals surface area contributed by atoms with E-state index >= 15 is 0 Å². The van der Waals surface area contributed by atoms with Crippen LogP contribution in [0.15, 0.2) is 194 Å². The van der Waals surface area contributed by atoms with Crippen molar-refractivity contribution in [3.8, 4) is 64.5 Å². The van der Waals surface area contributed by atoms with Crippen molar-refractivity contribution in [2.45, 2.75) is 19.3 Å². The molecule has 0 saturated heterocycles. The number of aromatic nitrogens is 4. The first-order valence-electron chi connectivity index (χ1n) is 21.4. The van der Waals surface area contributed by atoms with Gasteiger partial charge in [0.2, 0.25) is 0 Å². The van der Waals surface area contributed by atoms with E-state index in [9.17, 15) is 0 Å². The molecule has 0 aliphatic heterocycles. The first-order chi connectivity index (χ1) is 31.0. The molecule has 6 heterocycles. The lowest BCUT2D eigenvalue weighted by atomic mass is 9.81. The minimum absolute atomic E-state index is 0.142. The highest BCUT2D eigenvalue weighted by molar-refractivity contribution is 7.19. The summed E-state index contributed by atoms with van der Waals surface area (Å²) in [4.78, 5) is 14.5. The molecule has 1 aliphatic carbocycles. The van der Waals surface area contributed by atoms with Crippen LogP contribution in [0.2, 0.25) is 0 Å². The van der Waals surface area contributed by atoms with E-state index in [2.05, 4.69) is 193 Å². The third-order valence-corrected chi connectivity index (χ3v) is 15.5. The van der Waals surface area contributed by atoms with E-state index < -0.39 is 0 Å². The van der Waals surface area contributed by atoms with E-state index in [1.165, 1.54) is 96.6 Å². The van der Waals surface area contributed by atoms with Crippen molar-refractivity contribution >= 4 is 66.3 Å². The molecule has 6 heteroatoms. The van der Waals surface area contributed by atoms with Gasteiger partial charge in [0.15, 0.2) is 0 Å². The zero-order valence-electron chi connectivity index (χ0n) is 34.6. The molecule has 13 rings (SSSR count). The molecule has 6 aromatic carbocycles. The van der Waals surface area contributed by atoms with Crippen LogP contribution in [0.3, 0.4) is 0 Å².